The lowest BCUT2D eigenvalue weighted by Crippen LogP contribution is -2.56. The minimum Gasteiger partial charge on any atom is -0.388 e. The van der Waals surface area contributed by atoms with Crippen molar-refractivity contribution in [2.45, 2.75) is 115 Å². The van der Waals surface area contributed by atoms with Crippen molar-refractivity contribution in [2.75, 3.05) is 0 Å². The van der Waals surface area contributed by atoms with Gasteiger partial charge in [0.1, 0.15) is 5.82 Å². The molecule has 1 aromatic carbocycles. The zero-order valence-corrected chi connectivity index (χ0v) is 20.1. The van der Waals surface area contributed by atoms with Crippen LogP contribution < -0.4 is 4.72 Å². The first-order valence-electron chi connectivity index (χ1n) is 11.7. The Morgan fingerprint density at radius 1 is 0.933 bits per heavy atom. The molecule has 0 saturated heterocycles. The van der Waals surface area contributed by atoms with E-state index in [-0.39, 0.29) is 10.8 Å². The van der Waals surface area contributed by atoms with Crippen LogP contribution in [0.4, 0.5) is 4.39 Å². The van der Waals surface area contributed by atoms with Crippen molar-refractivity contribution in [1.82, 2.24) is 4.72 Å². The van der Waals surface area contributed by atoms with Crippen LogP contribution in [0.2, 0.25) is 0 Å². The Bertz CT molecular complexity index is 679. The SMILES string of the molecule is CCCCCCC(O)(CCCCCC)[C@@H](NS(=O)(=O)c1ccc(F)cc1)[C@@H](C)CC. The van der Waals surface area contributed by atoms with Crippen LogP contribution in [0.15, 0.2) is 29.2 Å². The summed E-state index contributed by atoms with van der Waals surface area (Å²) in [5.74, 6) is -0.502. The van der Waals surface area contributed by atoms with E-state index in [2.05, 4.69) is 18.6 Å². The lowest BCUT2D eigenvalue weighted by Gasteiger charge is -2.40. The predicted octanol–water partition coefficient (Wildman–Crippen LogP) is 6.19. The summed E-state index contributed by atoms with van der Waals surface area (Å²) in [4.78, 5) is 0.0246. The normalized spacial score (nSPS) is 14.6. The predicted molar refractivity (Wildman–Crippen MR) is 122 cm³/mol. The smallest absolute Gasteiger partial charge is 0.240 e. The summed E-state index contributed by atoms with van der Waals surface area (Å²) in [5.41, 5.74) is -1.09. The molecule has 4 nitrogen and oxygen atoms in total. The van der Waals surface area contributed by atoms with Crippen LogP contribution in [-0.4, -0.2) is 25.2 Å². The van der Waals surface area contributed by atoms with Crippen LogP contribution in [0.1, 0.15) is 98.3 Å². The van der Waals surface area contributed by atoms with E-state index < -0.39 is 27.5 Å². The van der Waals surface area contributed by atoms with Gasteiger partial charge in [-0.15, -0.1) is 0 Å². The minimum atomic E-state index is -3.86. The molecule has 0 heterocycles. The number of aliphatic hydroxyl groups is 1. The quantitative estimate of drug-likeness (QED) is 0.299. The fourth-order valence-electron chi connectivity index (χ4n) is 3.99. The highest BCUT2D eigenvalue weighted by molar-refractivity contribution is 7.89. The Morgan fingerprint density at radius 2 is 1.43 bits per heavy atom. The first-order chi connectivity index (χ1) is 14.2. The Kier molecular flexibility index (Phi) is 12.1. The van der Waals surface area contributed by atoms with Crippen molar-refractivity contribution in [1.29, 1.82) is 0 Å². The van der Waals surface area contributed by atoms with Gasteiger partial charge < -0.3 is 5.11 Å². The summed E-state index contributed by atoms with van der Waals surface area (Å²) >= 11 is 0. The highest BCUT2D eigenvalue weighted by Crippen LogP contribution is 2.32. The van der Waals surface area contributed by atoms with Crippen LogP contribution in [-0.2, 0) is 10.0 Å². The van der Waals surface area contributed by atoms with Gasteiger partial charge in [-0.2, -0.15) is 0 Å². The molecule has 0 aliphatic heterocycles. The third kappa shape index (κ3) is 8.64. The van der Waals surface area contributed by atoms with Gasteiger partial charge in [-0.25, -0.2) is 17.5 Å². The molecule has 30 heavy (non-hydrogen) atoms. The summed E-state index contributed by atoms with van der Waals surface area (Å²) in [6.07, 6.45) is 10.2. The zero-order valence-electron chi connectivity index (χ0n) is 19.3. The van der Waals surface area contributed by atoms with E-state index >= 15 is 0 Å². The second kappa shape index (κ2) is 13.4. The monoisotopic (exact) mass is 443 g/mol. The summed E-state index contributed by atoms with van der Waals surface area (Å²) in [6, 6.07) is 4.25. The summed E-state index contributed by atoms with van der Waals surface area (Å²) in [7, 11) is -3.86. The van der Waals surface area contributed by atoms with Crippen molar-refractivity contribution in [3.63, 3.8) is 0 Å². The van der Waals surface area contributed by atoms with Gasteiger partial charge in [-0.3, -0.25) is 0 Å². The molecule has 0 amide bonds. The van der Waals surface area contributed by atoms with E-state index in [1.54, 1.807) is 0 Å². The summed E-state index contributed by atoms with van der Waals surface area (Å²) < 4.78 is 42.1. The second-order valence-corrected chi connectivity index (χ2v) is 10.4. The Hall–Kier alpha value is -0.980. The summed E-state index contributed by atoms with van der Waals surface area (Å²) in [6.45, 7) is 8.30. The van der Waals surface area contributed by atoms with Gasteiger partial charge in [-0.1, -0.05) is 85.5 Å². The number of rotatable bonds is 16. The Balaban J connectivity index is 3.12. The molecule has 2 N–H and O–H groups in total. The zero-order chi connectivity index (χ0) is 22.6. The first-order valence-corrected chi connectivity index (χ1v) is 13.2. The van der Waals surface area contributed by atoms with Gasteiger partial charge in [0.25, 0.3) is 0 Å². The van der Waals surface area contributed by atoms with Crippen LogP contribution in [0.5, 0.6) is 0 Å². The molecule has 2 atom stereocenters. The van der Waals surface area contributed by atoms with Gasteiger partial charge in [-0.05, 0) is 43.0 Å². The fraction of sp³-hybridized carbons (Fsp3) is 0.750. The fourth-order valence-corrected chi connectivity index (χ4v) is 5.41. The largest absolute Gasteiger partial charge is 0.388 e. The van der Waals surface area contributed by atoms with Crippen molar-refractivity contribution >= 4 is 10.0 Å². The van der Waals surface area contributed by atoms with E-state index in [1.165, 1.54) is 12.1 Å². The molecule has 0 saturated carbocycles. The number of hydrogen-bond acceptors (Lipinski definition) is 3. The molecule has 0 bridgehead atoms. The van der Waals surface area contributed by atoms with Gasteiger partial charge in [0.2, 0.25) is 10.0 Å². The van der Waals surface area contributed by atoms with Crippen LogP contribution in [0.3, 0.4) is 0 Å². The standard InChI is InChI=1S/C24H42FNO3S/c1-5-8-10-12-18-24(27,19-13-11-9-6-2)23(20(4)7-3)26-30(28,29)22-16-14-21(25)15-17-22/h14-17,20,23,26-27H,5-13,18-19H2,1-4H3/t20-,23-/m0/s1. The van der Waals surface area contributed by atoms with E-state index in [1.807, 2.05) is 13.8 Å². The van der Waals surface area contributed by atoms with Crippen LogP contribution in [0, 0.1) is 11.7 Å². The average Bonchev–Trinajstić information content (AvgIpc) is 2.72. The third-order valence-electron chi connectivity index (χ3n) is 6.12. The molecule has 1 aromatic rings. The molecular weight excluding hydrogens is 401 g/mol. The summed E-state index contributed by atoms with van der Waals surface area (Å²) in [5, 5.41) is 11.7. The molecule has 0 radical (unpaired) electrons. The number of unbranched alkanes of at least 4 members (excludes halogenated alkanes) is 6. The molecule has 0 unspecified atom stereocenters. The van der Waals surface area contributed by atoms with Crippen molar-refractivity contribution in [3.05, 3.63) is 30.1 Å². The highest BCUT2D eigenvalue weighted by atomic mass is 32.2. The van der Waals surface area contributed by atoms with E-state index in [0.29, 0.717) is 12.8 Å². The maximum absolute atomic E-state index is 13.3. The molecule has 174 valence electrons. The number of hydrogen-bond donors (Lipinski definition) is 2. The highest BCUT2D eigenvalue weighted by Gasteiger charge is 2.41. The minimum absolute atomic E-state index is 0.0246. The number of sulfonamides is 1. The molecule has 0 aliphatic rings. The van der Waals surface area contributed by atoms with E-state index in [4.69, 9.17) is 0 Å². The average molecular weight is 444 g/mol. The van der Waals surface area contributed by atoms with Gasteiger partial charge in [0, 0.05) is 0 Å². The maximum atomic E-state index is 13.3. The lowest BCUT2D eigenvalue weighted by molar-refractivity contribution is -0.0280. The maximum Gasteiger partial charge on any atom is 0.240 e. The molecule has 0 aliphatic carbocycles. The van der Waals surface area contributed by atoms with Crippen LogP contribution in [0.25, 0.3) is 0 Å². The van der Waals surface area contributed by atoms with Crippen LogP contribution >= 0.6 is 0 Å². The lowest BCUT2D eigenvalue weighted by atomic mass is 9.78. The first kappa shape index (κ1) is 27.1. The van der Waals surface area contributed by atoms with Crippen molar-refractivity contribution < 1.29 is 17.9 Å². The van der Waals surface area contributed by atoms with Gasteiger partial charge in [0.05, 0.1) is 16.5 Å². The van der Waals surface area contributed by atoms with Gasteiger partial charge in [0.15, 0.2) is 0 Å². The van der Waals surface area contributed by atoms with Crippen molar-refractivity contribution in [2.24, 2.45) is 5.92 Å². The molecular formula is C24H42FNO3S. The molecule has 0 spiro atoms. The number of nitrogens with one attached hydrogen (secondary N) is 1. The molecule has 0 fully saturated rings. The molecule has 6 heteroatoms. The number of halogens is 1. The van der Waals surface area contributed by atoms with Gasteiger partial charge >= 0.3 is 0 Å². The topological polar surface area (TPSA) is 66.4 Å². The Labute approximate surface area is 183 Å². The molecule has 1 rings (SSSR count). The Morgan fingerprint density at radius 3 is 1.87 bits per heavy atom. The third-order valence-corrected chi connectivity index (χ3v) is 7.58. The second-order valence-electron chi connectivity index (χ2n) is 8.66. The molecule has 0 aromatic heterocycles. The van der Waals surface area contributed by atoms with Crippen molar-refractivity contribution in [3.8, 4) is 0 Å². The van der Waals surface area contributed by atoms with E-state index in [9.17, 15) is 17.9 Å². The van der Waals surface area contributed by atoms with E-state index in [0.717, 1.165) is 69.9 Å². The number of benzene rings is 1.